The first-order chi connectivity index (χ1) is 12.7. The van der Waals surface area contributed by atoms with Gasteiger partial charge in [-0.1, -0.05) is 49.6 Å². The standard InChI is InChI=1S/C21H29N3O2/c25-20(19-15-24(21(26)22-19)18-9-5-2-6-10-18)23-13-11-17(12-14-23)16-7-3-1-4-8-16/h1,3-4,7-8,17-19H,2,5-6,9-15H2,(H,22,26). The van der Waals surface area contributed by atoms with Crippen molar-refractivity contribution in [2.75, 3.05) is 19.6 Å². The summed E-state index contributed by atoms with van der Waals surface area (Å²) in [5.41, 5.74) is 1.37. The summed E-state index contributed by atoms with van der Waals surface area (Å²) >= 11 is 0. The van der Waals surface area contributed by atoms with Gasteiger partial charge in [0.2, 0.25) is 5.91 Å². The summed E-state index contributed by atoms with van der Waals surface area (Å²) in [6.07, 6.45) is 7.82. The number of nitrogens with zero attached hydrogens (tertiary/aromatic N) is 2. The molecule has 0 aromatic heterocycles. The Hall–Kier alpha value is -2.04. The third-order valence-corrected chi connectivity index (χ3v) is 6.33. The van der Waals surface area contributed by atoms with Crippen molar-refractivity contribution in [3.8, 4) is 0 Å². The average molecular weight is 355 g/mol. The van der Waals surface area contributed by atoms with Crippen molar-refractivity contribution in [1.82, 2.24) is 15.1 Å². The maximum Gasteiger partial charge on any atom is 0.318 e. The van der Waals surface area contributed by atoms with Crippen LogP contribution in [0.3, 0.4) is 0 Å². The largest absolute Gasteiger partial charge is 0.341 e. The second kappa shape index (κ2) is 7.68. The summed E-state index contributed by atoms with van der Waals surface area (Å²) in [6, 6.07) is 10.5. The van der Waals surface area contributed by atoms with Gasteiger partial charge in [0.05, 0.1) is 6.54 Å². The molecule has 0 spiro atoms. The fourth-order valence-corrected chi connectivity index (χ4v) is 4.78. The van der Waals surface area contributed by atoms with E-state index in [2.05, 4.69) is 29.6 Å². The predicted octanol–water partition coefficient (Wildman–Crippen LogP) is 3.12. The molecule has 5 heteroatoms. The minimum absolute atomic E-state index is 0.0468. The van der Waals surface area contributed by atoms with Crippen LogP contribution in [-0.2, 0) is 4.79 Å². The number of piperidine rings is 1. The number of carbonyl (C=O) groups excluding carboxylic acids is 2. The summed E-state index contributed by atoms with van der Waals surface area (Å²) in [4.78, 5) is 29.1. The molecule has 1 N–H and O–H groups in total. The number of hydrogen-bond donors (Lipinski definition) is 1. The SMILES string of the molecule is O=C(C1CN(C2CCCCC2)C(=O)N1)N1CCC(c2ccccc2)CC1. The first kappa shape index (κ1) is 17.4. The zero-order valence-corrected chi connectivity index (χ0v) is 15.4. The van der Waals surface area contributed by atoms with Gasteiger partial charge in [-0.2, -0.15) is 0 Å². The van der Waals surface area contributed by atoms with Gasteiger partial charge in [-0.3, -0.25) is 4.79 Å². The Bertz CT molecular complexity index is 634. The highest BCUT2D eigenvalue weighted by molar-refractivity contribution is 5.90. The topological polar surface area (TPSA) is 52.7 Å². The van der Waals surface area contributed by atoms with Crippen molar-refractivity contribution in [3.63, 3.8) is 0 Å². The van der Waals surface area contributed by atoms with Crippen molar-refractivity contribution in [3.05, 3.63) is 35.9 Å². The molecule has 140 valence electrons. The van der Waals surface area contributed by atoms with Crippen LogP contribution in [-0.4, -0.2) is 53.5 Å². The molecule has 4 rings (SSSR count). The second-order valence-electron chi connectivity index (χ2n) is 7.96. The van der Waals surface area contributed by atoms with Crippen LogP contribution in [0.15, 0.2) is 30.3 Å². The Balaban J connectivity index is 1.32. The molecule has 3 aliphatic rings. The number of likely N-dealkylation sites (tertiary alicyclic amines) is 1. The van der Waals surface area contributed by atoms with Crippen LogP contribution in [0.1, 0.15) is 56.4 Å². The highest BCUT2D eigenvalue weighted by Crippen LogP contribution is 2.29. The number of hydrogen-bond acceptors (Lipinski definition) is 2. The van der Waals surface area contributed by atoms with E-state index >= 15 is 0 Å². The van der Waals surface area contributed by atoms with E-state index in [4.69, 9.17) is 0 Å². The van der Waals surface area contributed by atoms with E-state index in [9.17, 15) is 9.59 Å². The molecule has 2 saturated heterocycles. The molecule has 26 heavy (non-hydrogen) atoms. The number of amides is 3. The van der Waals surface area contributed by atoms with Crippen molar-refractivity contribution in [2.45, 2.75) is 62.9 Å². The first-order valence-corrected chi connectivity index (χ1v) is 10.1. The maximum atomic E-state index is 12.9. The summed E-state index contributed by atoms with van der Waals surface area (Å²) in [5, 5.41) is 2.94. The highest BCUT2D eigenvalue weighted by atomic mass is 16.2. The summed E-state index contributed by atoms with van der Waals surface area (Å²) in [7, 11) is 0. The van der Waals surface area contributed by atoms with Crippen LogP contribution in [0.25, 0.3) is 0 Å². The van der Waals surface area contributed by atoms with Crippen molar-refractivity contribution in [2.24, 2.45) is 0 Å². The van der Waals surface area contributed by atoms with Gasteiger partial charge in [-0.15, -0.1) is 0 Å². The molecule has 1 aliphatic carbocycles. The lowest BCUT2D eigenvalue weighted by atomic mass is 9.89. The van der Waals surface area contributed by atoms with E-state index in [1.807, 2.05) is 15.9 Å². The van der Waals surface area contributed by atoms with E-state index in [1.165, 1.54) is 24.8 Å². The van der Waals surface area contributed by atoms with Gasteiger partial charge in [0.1, 0.15) is 6.04 Å². The van der Waals surface area contributed by atoms with E-state index in [1.54, 1.807) is 0 Å². The number of benzene rings is 1. The monoisotopic (exact) mass is 355 g/mol. The van der Waals surface area contributed by atoms with E-state index in [-0.39, 0.29) is 18.0 Å². The lowest BCUT2D eigenvalue weighted by Gasteiger charge is -2.34. The molecule has 1 saturated carbocycles. The molecular formula is C21H29N3O2. The van der Waals surface area contributed by atoms with Crippen molar-refractivity contribution >= 4 is 11.9 Å². The van der Waals surface area contributed by atoms with Crippen LogP contribution >= 0.6 is 0 Å². The van der Waals surface area contributed by atoms with Gasteiger partial charge in [-0.05, 0) is 37.2 Å². The molecule has 1 aromatic rings. The zero-order valence-electron chi connectivity index (χ0n) is 15.4. The van der Waals surface area contributed by atoms with Gasteiger partial charge in [0.15, 0.2) is 0 Å². The Labute approximate surface area is 155 Å². The molecule has 2 aliphatic heterocycles. The maximum absolute atomic E-state index is 12.9. The van der Waals surface area contributed by atoms with Crippen LogP contribution in [0.4, 0.5) is 4.79 Å². The van der Waals surface area contributed by atoms with Crippen LogP contribution in [0.2, 0.25) is 0 Å². The number of carbonyl (C=O) groups is 2. The molecule has 0 radical (unpaired) electrons. The van der Waals surface area contributed by atoms with Crippen molar-refractivity contribution < 1.29 is 9.59 Å². The Morgan fingerprint density at radius 2 is 1.65 bits per heavy atom. The summed E-state index contributed by atoms with van der Waals surface area (Å²) in [5.74, 6) is 0.639. The van der Waals surface area contributed by atoms with E-state index < -0.39 is 0 Å². The predicted molar refractivity (Wildman–Crippen MR) is 101 cm³/mol. The van der Waals surface area contributed by atoms with Crippen molar-refractivity contribution in [1.29, 1.82) is 0 Å². The molecule has 1 unspecified atom stereocenters. The molecular weight excluding hydrogens is 326 g/mol. The van der Waals surface area contributed by atoms with E-state index in [0.29, 0.717) is 18.5 Å². The van der Waals surface area contributed by atoms with Gasteiger partial charge in [-0.25, -0.2) is 4.79 Å². The fraction of sp³-hybridized carbons (Fsp3) is 0.619. The number of nitrogens with one attached hydrogen (secondary N) is 1. The first-order valence-electron chi connectivity index (χ1n) is 10.1. The summed E-state index contributed by atoms with van der Waals surface area (Å²) < 4.78 is 0. The normalized spacial score (nSPS) is 25.4. The summed E-state index contributed by atoms with van der Waals surface area (Å²) in [6.45, 7) is 2.11. The molecule has 1 atom stereocenters. The van der Waals surface area contributed by atoms with Crippen LogP contribution in [0, 0.1) is 0 Å². The lowest BCUT2D eigenvalue weighted by molar-refractivity contribution is -0.134. The molecule has 3 fully saturated rings. The third kappa shape index (κ3) is 3.57. The minimum atomic E-state index is -0.363. The van der Waals surface area contributed by atoms with Gasteiger partial charge in [0.25, 0.3) is 0 Å². The Kier molecular flexibility index (Phi) is 5.14. The second-order valence-corrected chi connectivity index (χ2v) is 7.96. The van der Waals surface area contributed by atoms with Gasteiger partial charge >= 0.3 is 6.03 Å². The smallest absolute Gasteiger partial charge is 0.318 e. The molecule has 3 amide bonds. The molecule has 5 nitrogen and oxygen atoms in total. The quantitative estimate of drug-likeness (QED) is 0.906. The highest BCUT2D eigenvalue weighted by Gasteiger charge is 2.39. The lowest BCUT2D eigenvalue weighted by Crippen LogP contribution is -2.48. The number of rotatable bonds is 3. The van der Waals surface area contributed by atoms with Crippen LogP contribution < -0.4 is 5.32 Å². The molecule has 2 heterocycles. The van der Waals surface area contributed by atoms with Crippen LogP contribution in [0.5, 0.6) is 0 Å². The minimum Gasteiger partial charge on any atom is -0.341 e. The van der Waals surface area contributed by atoms with E-state index in [0.717, 1.165) is 38.8 Å². The van der Waals surface area contributed by atoms with Gasteiger partial charge < -0.3 is 15.1 Å². The Morgan fingerprint density at radius 1 is 0.962 bits per heavy atom. The fourth-order valence-electron chi connectivity index (χ4n) is 4.78. The average Bonchev–Trinajstić information content (AvgIpc) is 3.10. The Morgan fingerprint density at radius 3 is 2.35 bits per heavy atom. The third-order valence-electron chi connectivity index (χ3n) is 6.33. The molecule has 1 aromatic carbocycles. The number of urea groups is 1. The zero-order chi connectivity index (χ0) is 17.9. The molecule has 0 bridgehead atoms. The van der Waals surface area contributed by atoms with Gasteiger partial charge in [0, 0.05) is 19.1 Å².